The lowest BCUT2D eigenvalue weighted by Gasteiger charge is -2.39. The van der Waals surface area contributed by atoms with E-state index in [1.807, 2.05) is 11.0 Å². The second kappa shape index (κ2) is 16.3. The van der Waals surface area contributed by atoms with Gasteiger partial charge in [0.05, 0.1) is 51.9 Å². The van der Waals surface area contributed by atoms with Crippen LogP contribution in [-0.2, 0) is 0 Å². The predicted molar refractivity (Wildman–Crippen MR) is 213 cm³/mol. The number of nitriles is 1. The zero-order valence-electron chi connectivity index (χ0n) is 32.5. The third-order valence-electron chi connectivity index (χ3n) is 13.2. The van der Waals surface area contributed by atoms with Crippen LogP contribution in [0.5, 0.6) is 5.75 Å². The van der Waals surface area contributed by atoms with Crippen LogP contribution in [0.25, 0.3) is 0 Å². The van der Waals surface area contributed by atoms with E-state index in [-0.39, 0.29) is 47.7 Å². The van der Waals surface area contributed by atoms with Crippen molar-refractivity contribution in [1.82, 2.24) is 30.4 Å². The number of carbonyl (C=O) groups is 3. The maximum absolute atomic E-state index is 15.5. The van der Waals surface area contributed by atoms with Gasteiger partial charge in [-0.15, -0.1) is 0 Å². The molecule has 3 saturated heterocycles. The number of amides is 3. The molecule has 4 unspecified atom stereocenters. The average Bonchev–Trinajstić information content (AvgIpc) is 3.89. The maximum Gasteiger partial charge on any atom is 0.271 e. The number of carbonyl (C=O) groups excluding carboxylic acids is 3. The molecule has 2 saturated carbocycles. The minimum Gasteiger partial charge on any atom is -0.490 e. The first-order valence-corrected chi connectivity index (χ1v) is 21.0. The van der Waals surface area contributed by atoms with E-state index in [0.717, 1.165) is 81.5 Å². The summed E-state index contributed by atoms with van der Waals surface area (Å²) in [6.07, 6.45) is 6.80. The molecular formula is C42H47ClFN9O6. The topological polar surface area (TPSA) is 187 Å². The van der Waals surface area contributed by atoms with Gasteiger partial charge in [0.15, 0.2) is 0 Å². The molecule has 4 N–H and O–H groups in total. The number of benzene rings is 2. The summed E-state index contributed by atoms with van der Waals surface area (Å²) in [5, 5.41) is 35.4. The molecule has 15 nitrogen and oxygen atoms in total. The van der Waals surface area contributed by atoms with E-state index in [1.54, 1.807) is 30.6 Å². The number of ether oxygens (including phenoxy) is 1. The normalized spacial score (nSPS) is 29.6. The highest BCUT2D eigenvalue weighted by atomic mass is 35.5. The van der Waals surface area contributed by atoms with Gasteiger partial charge < -0.3 is 30.1 Å². The Morgan fingerprint density at radius 2 is 1.63 bits per heavy atom. The number of anilines is 2. The molecule has 6 atom stereocenters. The third kappa shape index (κ3) is 7.82. The summed E-state index contributed by atoms with van der Waals surface area (Å²) in [6, 6.07) is 9.34. The fraction of sp³-hybridized carbons (Fsp3) is 0.524. The Morgan fingerprint density at radius 3 is 2.27 bits per heavy atom. The molecule has 3 amide bonds. The zero-order valence-corrected chi connectivity index (χ0v) is 33.2. The Kier molecular flexibility index (Phi) is 10.9. The molecule has 59 heavy (non-hydrogen) atoms. The van der Waals surface area contributed by atoms with Crippen molar-refractivity contribution in [2.45, 2.75) is 88.1 Å². The van der Waals surface area contributed by atoms with E-state index >= 15 is 4.39 Å². The van der Waals surface area contributed by atoms with Crippen molar-refractivity contribution in [3.8, 4) is 11.8 Å². The molecule has 9 rings (SSSR count). The van der Waals surface area contributed by atoms with Crippen molar-refractivity contribution in [2.24, 2.45) is 11.8 Å². The maximum atomic E-state index is 15.5. The number of nitrogens with one attached hydrogen (secondary N) is 2. The standard InChI is InChI=1S/C42H47ClFN9O6/c43-32-15-29(4-1-23(32)18-45)59-28-5-2-26(3-6-28)48-39(55)34-19-47-37(20-46-34)52-21-24-13-27(14-25(24)22-52)50-9-11-51(12-10-50)36-17-31-30(16-33(36)44)41(57)53(42(31)58)35-7-8-38(54)49-40(35)56/h1,4,15-17,19-20,24-28,35,38,40,49,54,56H,2-3,5-14,21-22H2,(H,48,55)/t24-,25+,26?,27?,28?,35?,38?,40?. The van der Waals surface area contributed by atoms with Gasteiger partial charge in [-0.2, -0.15) is 5.26 Å². The first kappa shape index (κ1) is 39.5. The van der Waals surface area contributed by atoms with Crippen molar-refractivity contribution >= 4 is 40.8 Å². The lowest BCUT2D eigenvalue weighted by Crippen LogP contribution is -2.58. The molecular weight excluding hydrogens is 781 g/mol. The summed E-state index contributed by atoms with van der Waals surface area (Å²) in [5.41, 5.74) is 1.13. The minimum absolute atomic E-state index is 0.00228. The third-order valence-corrected chi connectivity index (χ3v) is 13.6. The van der Waals surface area contributed by atoms with Crippen molar-refractivity contribution in [3.05, 3.63) is 75.9 Å². The number of nitrogens with zero attached hydrogens (tertiary/aromatic N) is 7. The summed E-state index contributed by atoms with van der Waals surface area (Å²) in [7, 11) is 0. The second-order valence-electron chi connectivity index (χ2n) is 16.8. The molecule has 6 aliphatic rings. The van der Waals surface area contributed by atoms with E-state index in [9.17, 15) is 24.6 Å². The van der Waals surface area contributed by atoms with Gasteiger partial charge in [-0.3, -0.25) is 29.5 Å². The Hall–Kier alpha value is -4.92. The van der Waals surface area contributed by atoms with Crippen LogP contribution in [0.3, 0.4) is 0 Å². The van der Waals surface area contributed by atoms with Crippen LogP contribution < -0.4 is 25.2 Å². The number of fused-ring (bicyclic) bond motifs is 2. The number of hydrogen-bond donors (Lipinski definition) is 4. The predicted octanol–water partition coefficient (Wildman–Crippen LogP) is 3.28. The number of aromatic nitrogens is 2. The van der Waals surface area contributed by atoms with E-state index < -0.39 is 36.1 Å². The molecule has 1 aromatic heterocycles. The Labute approximate surface area is 346 Å². The number of halogens is 2. The smallest absolute Gasteiger partial charge is 0.271 e. The van der Waals surface area contributed by atoms with Crippen molar-refractivity contribution < 1.29 is 33.7 Å². The highest BCUT2D eigenvalue weighted by Crippen LogP contribution is 2.42. The fourth-order valence-corrected chi connectivity index (χ4v) is 10.3. The number of rotatable bonds is 8. The van der Waals surface area contributed by atoms with Crippen LogP contribution in [0.1, 0.15) is 88.1 Å². The van der Waals surface area contributed by atoms with Crippen molar-refractivity contribution in [2.75, 3.05) is 49.1 Å². The minimum atomic E-state index is -1.27. The number of piperidine rings is 1. The number of hydrogen-bond acceptors (Lipinski definition) is 13. The molecule has 5 heterocycles. The highest BCUT2D eigenvalue weighted by molar-refractivity contribution is 6.31. The first-order chi connectivity index (χ1) is 28.5. The lowest BCUT2D eigenvalue weighted by molar-refractivity contribution is -0.0413. The highest BCUT2D eigenvalue weighted by Gasteiger charge is 2.46. The van der Waals surface area contributed by atoms with Crippen LogP contribution in [-0.4, -0.2) is 124 Å². The van der Waals surface area contributed by atoms with Gasteiger partial charge in [-0.25, -0.2) is 14.4 Å². The molecule has 0 spiro atoms. The molecule has 5 fully saturated rings. The van der Waals surface area contributed by atoms with Gasteiger partial charge in [-0.1, -0.05) is 11.6 Å². The Morgan fingerprint density at radius 1 is 0.915 bits per heavy atom. The molecule has 0 bridgehead atoms. The van der Waals surface area contributed by atoms with Gasteiger partial charge in [0.25, 0.3) is 17.7 Å². The van der Waals surface area contributed by atoms with E-state index in [2.05, 4.69) is 30.4 Å². The lowest BCUT2D eigenvalue weighted by atomic mass is 9.93. The van der Waals surface area contributed by atoms with Gasteiger partial charge in [0.2, 0.25) is 0 Å². The van der Waals surface area contributed by atoms with Crippen LogP contribution >= 0.6 is 11.6 Å². The van der Waals surface area contributed by atoms with Gasteiger partial charge in [0, 0.05) is 57.4 Å². The molecule has 4 aliphatic heterocycles. The number of imide groups is 1. The second-order valence-corrected chi connectivity index (χ2v) is 17.2. The van der Waals surface area contributed by atoms with E-state index in [4.69, 9.17) is 21.6 Å². The van der Waals surface area contributed by atoms with Gasteiger partial charge in [-0.05, 0) is 87.5 Å². The number of aliphatic hydroxyl groups is 2. The van der Waals surface area contributed by atoms with Crippen LogP contribution in [0.15, 0.2) is 42.7 Å². The van der Waals surface area contributed by atoms with E-state index in [1.165, 1.54) is 6.07 Å². The summed E-state index contributed by atoms with van der Waals surface area (Å²) >= 11 is 6.15. The number of piperazine rings is 1. The summed E-state index contributed by atoms with van der Waals surface area (Å²) in [5.74, 6) is 0.444. The quantitative estimate of drug-likeness (QED) is 0.243. The average molecular weight is 828 g/mol. The van der Waals surface area contributed by atoms with Gasteiger partial charge >= 0.3 is 0 Å². The SMILES string of the molecule is N#Cc1ccc(OC2CCC(NC(=O)c3cnc(N4C[C@H]5CC(N6CCN(c7cc8c(cc7F)C(=O)N(C7CCC(O)NC7O)C8=O)CC6)C[C@H]5C4)cn3)CC2)cc1Cl. The Bertz CT molecular complexity index is 2140. The van der Waals surface area contributed by atoms with E-state index in [0.29, 0.717) is 53.0 Å². The van der Waals surface area contributed by atoms with Crippen LogP contribution in [0, 0.1) is 29.0 Å². The molecule has 17 heteroatoms. The van der Waals surface area contributed by atoms with Crippen molar-refractivity contribution in [1.29, 1.82) is 5.26 Å². The summed E-state index contributed by atoms with van der Waals surface area (Å²) < 4.78 is 21.6. The number of aliphatic hydroxyl groups excluding tert-OH is 2. The molecule has 2 aliphatic carbocycles. The van der Waals surface area contributed by atoms with Crippen LogP contribution in [0.4, 0.5) is 15.9 Å². The summed E-state index contributed by atoms with van der Waals surface area (Å²) in [4.78, 5) is 56.5. The monoisotopic (exact) mass is 827 g/mol. The molecule has 3 aromatic rings. The molecule has 0 radical (unpaired) electrons. The zero-order chi connectivity index (χ0) is 40.9. The molecule has 310 valence electrons. The fourth-order valence-electron chi connectivity index (χ4n) is 10.1. The van der Waals surface area contributed by atoms with Crippen LogP contribution in [0.2, 0.25) is 5.02 Å². The summed E-state index contributed by atoms with van der Waals surface area (Å²) in [6.45, 7) is 4.43. The van der Waals surface area contributed by atoms with Crippen molar-refractivity contribution in [3.63, 3.8) is 0 Å². The first-order valence-electron chi connectivity index (χ1n) is 20.6. The Balaban J connectivity index is 0.726. The largest absolute Gasteiger partial charge is 0.490 e. The molecule has 2 aromatic carbocycles. The van der Waals surface area contributed by atoms with Gasteiger partial charge in [0.1, 0.15) is 41.6 Å².